The summed E-state index contributed by atoms with van der Waals surface area (Å²) in [5.74, 6) is 0. The molecule has 5 heteroatoms. The van der Waals surface area contributed by atoms with Crippen molar-refractivity contribution >= 4 is 11.5 Å². The minimum absolute atomic E-state index is 0.213. The Morgan fingerprint density at radius 1 is 1.25 bits per heavy atom. The Morgan fingerprint density at radius 2 is 1.75 bits per heavy atom. The lowest BCUT2D eigenvalue weighted by Crippen LogP contribution is -2.33. The van der Waals surface area contributed by atoms with Gasteiger partial charge in [0.25, 0.3) is 0 Å². The van der Waals surface area contributed by atoms with Crippen LogP contribution in [0.5, 0.6) is 0 Å². The highest BCUT2D eigenvalue weighted by Gasteiger charge is 2.18. The van der Waals surface area contributed by atoms with Crippen LogP contribution < -0.4 is 10.6 Å². The molecule has 0 fully saturated rings. The van der Waals surface area contributed by atoms with Gasteiger partial charge in [0.2, 0.25) is 0 Å². The lowest BCUT2D eigenvalue weighted by Gasteiger charge is -2.16. The average Bonchev–Trinajstić information content (AvgIpc) is 2.15. The molecular weight excluding hydrogens is 176 g/mol. The Kier molecular flexibility index (Phi) is 1.99. The van der Waals surface area contributed by atoms with Crippen molar-refractivity contribution in [1.29, 1.82) is 0 Å². The molecule has 1 aromatic rings. The second kappa shape index (κ2) is 2.58. The molecule has 0 bridgehead atoms. The van der Waals surface area contributed by atoms with Gasteiger partial charge in [0, 0.05) is 18.6 Å². The molecule has 68 valence electrons. The van der Waals surface area contributed by atoms with Gasteiger partial charge in [-0.25, -0.2) is 8.75 Å². The molecule has 0 aromatic carbocycles. The predicted molar refractivity (Wildman–Crippen MR) is 48.8 cm³/mol. The molecule has 0 saturated carbocycles. The third-order valence-corrected chi connectivity index (χ3v) is 2.83. The van der Waals surface area contributed by atoms with E-state index in [0.29, 0.717) is 0 Å². The van der Waals surface area contributed by atoms with Crippen molar-refractivity contribution in [2.45, 2.75) is 26.3 Å². The normalized spacial score (nSPS) is 12.0. The molecule has 0 aliphatic carbocycles. The first-order chi connectivity index (χ1) is 5.34. The maximum Gasteiger partial charge on any atom is 0.341 e. The molecule has 1 aromatic heterocycles. The molecule has 0 spiro atoms. The predicted octanol–water partition coefficient (Wildman–Crippen LogP) is 0.363. The highest BCUT2D eigenvalue weighted by atomic mass is 32.1. The van der Waals surface area contributed by atoms with E-state index in [0.717, 1.165) is 16.1 Å². The fraction of sp³-hybridized carbons (Fsp3) is 0.714. The molecule has 0 radical (unpaired) electrons. The van der Waals surface area contributed by atoms with Gasteiger partial charge < -0.3 is 0 Å². The van der Waals surface area contributed by atoms with Crippen LogP contribution in [0.2, 0.25) is 0 Å². The first-order valence-corrected chi connectivity index (χ1v) is 4.41. The lowest BCUT2D eigenvalue weighted by atomic mass is 10.1. The van der Waals surface area contributed by atoms with Gasteiger partial charge in [-0.3, -0.25) is 9.36 Å². The highest BCUT2D eigenvalue weighted by Crippen LogP contribution is 2.11. The summed E-state index contributed by atoms with van der Waals surface area (Å²) in [6, 6.07) is 0. The van der Waals surface area contributed by atoms with Crippen molar-refractivity contribution in [2.24, 2.45) is 7.05 Å². The van der Waals surface area contributed by atoms with Crippen molar-refractivity contribution < 1.29 is 0 Å². The Hall–Kier alpha value is -0.840. The van der Waals surface area contributed by atoms with E-state index in [2.05, 4.69) is 0 Å². The molecule has 0 amide bonds. The zero-order valence-corrected chi connectivity index (χ0v) is 8.44. The van der Waals surface area contributed by atoms with Crippen LogP contribution in [0.25, 0.3) is 0 Å². The Labute approximate surface area is 74.2 Å². The van der Waals surface area contributed by atoms with Crippen LogP contribution in [0, 0.1) is 0 Å². The van der Waals surface area contributed by atoms with E-state index in [4.69, 9.17) is 0 Å². The average molecular weight is 188 g/mol. The topological polar surface area (TPSA) is 44.0 Å². The van der Waals surface area contributed by atoms with E-state index in [1.165, 1.54) is 11.0 Å². The van der Waals surface area contributed by atoms with Gasteiger partial charge in [0.15, 0.2) is 0 Å². The quantitative estimate of drug-likeness (QED) is 0.590. The largest absolute Gasteiger partial charge is 0.341 e. The van der Waals surface area contributed by atoms with Gasteiger partial charge in [-0.2, -0.15) is 0 Å². The smallest absolute Gasteiger partial charge is 0.255 e. The third kappa shape index (κ3) is 1.36. The Morgan fingerprint density at radius 3 is 1.92 bits per heavy atom. The van der Waals surface area contributed by atoms with E-state index >= 15 is 0 Å². The van der Waals surface area contributed by atoms with Crippen molar-refractivity contribution in [3.05, 3.63) is 20.2 Å². The van der Waals surface area contributed by atoms with E-state index in [1.54, 1.807) is 0 Å². The van der Waals surface area contributed by atoms with Crippen LogP contribution in [0.3, 0.4) is 0 Å². The SMILES string of the molecule is Cn1c(=O)sn(C(C)(C)C)c1=O. The van der Waals surface area contributed by atoms with Crippen molar-refractivity contribution in [3.63, 3.8) is 0 Å². The van der Waals surface area contributed by atoms with Crippen LogP contribution in [-0.4, -0.2) is 8.52 Å². The number of hydrogen-bond acceptors (Lipinski definition) is 3. The molecular formula is C7H12N2O2S. The van der Waals surface area contributed by atoms with Gasteiger partial charge in [-0.15, -0.1) is 0 Å². The standard InChI is InChI=1S/C7H12N2O2S/c1-7(2,3)9-5(10)8(4)6(11)12-9/h1-4H3. The van der Waals surface area contributed by atoms with E-state index in [1.807, 2.05) is 20.8 Å². The Balaban J connectivity index is 3.49. The molecule has 0 unspecified atom stereocenters. The van der Waals surface area contributed by atoms with Crippen LogP contribution in [-0.2, 0) is 12.6 Å². The molecule has 1 heterocycles. The first-order valence-electron chi connectivity index (χ1n) is 3.64. The molecule has 0 aliphatic heterocycles. The van der Waals surface area contributed by atoms with Gasteiger partial charge in [0.1, 0.15) is 0 Å². The lowest BCUT2D eigenvalue weighted by molar-refractivity contribution is 0.408. The van der Waals surface area contributed by atoms with E-state index < -0.39 is 0 Å². The summed E-state index contributed by atoms with van der Waals surface area (Å²) in [6.07, 6.45) is 0. The van der Waals surface area contributed by atoms with Crippen LogP contribution >= 0.6 is 11.5 Å². The van der Waals surface area contributed by atoms with Gasteiger partial charge >= 0.3 is 10.6 Å². The summed E-state index contributed by atoms with van der Waals surface area (Å²) in [6.45, 7) is 5.68. The fourth-order valence-electron chi connectivity index (χ4n) is 0.817. The number of nitrogens with zero attached hydrogens (tertiary/aromatic N) is 2. The van der Waals surface area contributed by atoms with Crippen molar-refractivity contribution in [3.8, 4) is 0 Å². The minimum atomic E-state index is -0.303. The molecule has 1 rings (SSSR count). The monoisotopic (exact) mass is 188 g/mol. The van der Waals surface area contributed by atoms with Gasteiger partial charge in [0.05, 0.1) is 5.54 Å². The van der Waals surface area contributed by atoms with Gasteiger partial charge in [-0.1, -0.05) is 0 Å². The molecule has 12 heavy (non-hydrogen) atoms. The van der Waals surface area contributed by atoms with Crippen molar-refractivity contribution in [1.82, 2.24) is 8.52 Å². The molecule has 0 aliphatic rings. The molecule has 0 atom stereocenters. The van der Waals surface area contributed by atoms with Crippen LogP contribution in [0.15, 0.2) is 9.59 Å². The number of aromatic nitrogens is 2. The summed E-state index contributed by atoms with van der Waals surface area (Å²) in [5.41, 5.74) is -0.542. The van der Waals surface area contributed by atoms with Crippen LogP contribution in [0.1, 0.15) is 20.8 Å². The van der Waals surface area contributed by atoms with Crippen LogP contribution in [0.4, 0.5) is 0 Å². The molecule has 0 saturated heterocycles. The summed E-state index contributed by atoms with van der Waals surface area (Å²) >= 11 is 0.959. The minimum Gasteiger partial charge on any atom is -0.255 e. The fourth-order valence-corrected chi connectivity index (χ4v) is 1.65. The number of hydrogen-bond donors (Lipinski definition) is 0. The summed E-state index contributed by atoms with van der Waals surface area (Å²) in [7, 11) is 1.49. The second-order valence-electron chi connectivity index (χ2n) is 3.66. The Bertz CT molecular complexity index is 391. The number of rotatable bonds is 0. The maximum atomic E-state index is 11.4. The maximum absolute atomic E-state index is 11.4. The summed E-state index contributed by atoms with van der Waals surface area (Å²) in [4.78, 5) is 22.2. The highest BCUT2D eigenvalue weighted by molar-refractivity contribution is 7.03. The van der Waals surface area contributed by atoms with Gasteiger partial charge in [-0.05, 0) is 20.8 Å². The molecule has 4 nitrogen and oxygen atoms in total. The van der Waals surface area contributed by atoms with E-state index in [-0.39, 0.29) is 16.1 Å². The summed E-state index contributed by atoms with van der Waals surface area (Å²) < 4.78 is 2.60. The zero-order chi connectivity index (χ0) is 9.52. The van der Waals surface area contributed by atoms with Crippen molar-refractivity contribution in [2.75, 3.05) is 0 Å². The summed E-state index contributed by atoms with van der Waals surface area (Å²) in [5, 5.41) is 0. The zero-order valence-electron chi connectivity index (χ0n) is 7.62. The first kappa shape index (κ1) is 9.25. The van der Waals surface area contributed by atoms with E-state index in [9.17, 15) is 9.59 Å². The molecule has 0 N–H and O–H groups in total. The third-order valence-electron chi connectivity index (χ3n) is 1.51. The second-order valence-corrected chi connectivity index (χ2v) is 4.56.